The fraction of sp³-hybridized carbons (Fsp3) is 0.583. The van der Waals surface area contributed by atoms with Crippen LogP contribution in [0.3, 0.4) is 0 Å². The minimum absolute atomic E-state index is 0.114. The van der Waals surface area contributed by atoms with Crippen molar-refractivity contribution in [2.45, 2.75) is 39.3 Å². The molecular weight excluding hydrogens is 202 g/mol. The predicted molar refractivity (Wildman–Crippen MR) is 64.3 cm³/mol. The number of aromatic nitrogens is 1. The highest BCUT2D eigenvalue weighted by atomic mass is 16.2. The highest BCUT2D eigenvalue weighted by Crippen LogP contribution is 2.21. The second kappa shape index (κ2) is 4.20. The molecule has 2 heterocycles. The molecule has 0 aromatic carbocycles. The van der Waals surface area contributed by atoms with E-state index in [4.69, 9.17) is 5.73 Å². The summed E-state index contributed by atoms with van der Waals surface area (Å²) in [7, 11) is 0. The number of rotatable bonds is 2. The monoisotopic (exact) mass is 221 g/mol. The lowest BCUT2D eigenvalue weighted by Gasteiger charge is -2.21. The van der Waals surface area contributed by atoms with Crippen LogP contribution in [0.5, 0.6) is 0 Å². The first-order chi connectivity index (χ1) is 7.63. The highest BCUT2D eigenvalue weighted by molar-refractivity contribution is 5.94. The van der Waals surface area contributed by atoms with Gasteiger partial charge in [-0.15, -0.1) is 0 Å². The van der Waals surface area contributed by atoms with Crippen LogP contribution in [0.1, 0.15) is 37.2 Å². The zero-order valence-corrected chi connectivity index (χ0v) is 9.94. The van der Waals surface area contributed by atoms with E-state index in [1.165, 1.54) is 0 Å². The molecule has 4 heteroatoms. The summed E-state index contributed by atoms with van der Waals surface area (Å²) in [6.07, 6.45) is 4.04. The predicted octanol–water partition coefficient (Wildman–Crippen LogP) is 1.71. The van der Waals surface area contributed by atoms with Crippen molar-refractivity contribution >= 4 is 11.6 Å². The van der Waals surface area contributed by atoms with Crippen LogP contribution in [0.4, 0.5) is 5.69 Å². The molecule has 0 radical (unpaired) electrons. The van der Waals surface area contributed by atoms with Crippen LogP contribution in [0, 0.1) is 0 Å². The molecule has 1 unspecified atom stereocenters. The van der Waals surface area contributed by atoms with E-state index in [2.05, 4.69) is 6.92 Å². The molecule has 1 aromatic rings. The van der Waals surface area contributed by atoms with Crippen molar-refractivity contribution in [1.82, 2.24) is 9.47 Å². The summed E-state index contributed by atoms with van der Waals surface area (Å²) in [5, 5.41) is 0. The van der Waals surface area contributed by atoms with Crippen LogP contribution < -0.4 is 5.73 Å². The molecule has 1 fully saturated rings. The van der Waals surface area contributed by atoms with Crippen LogP contribution in [0.25, 0.3) is 0 Å². The van der Waals surface area contributed by atoms with Gasteiger partial charge < -0.3 is 15.2 Å². The van der Waals surface area contributed by atoms with E-state index in [1.54, 1.807) is 6.07 Å². The van der Waals surface area contributed by atoms with Gasteiger partial charge in [-0.3, -0.25) is 4.79 Å². The Kier molecular flexibility index (Phi) is 2.90. The third-order valence-electron chi connectivity index (χ3n) is 3.29. The quantitative estimate of drug-likeness (QED) is 0.826. The minimum Gasteiger partial charge on any atom is -0.397 e. The summed E-state index contributed by atoms with van der Waals surface area (Å²) in [5.41, 5.74) is 7.11. The van der Waals surface area contributed by atoms with E-state index in [1.807, 2.05) is 22.6 Å². The Labute approximate surface area is 96.0 Å². The van der Waals surface area contributed by atoms with Gasteiger partial charge in [0, 0.05) is 25.3 Å². The maximum Gasteiger partial charge on any atom is 0.270 e. The second-order valence-electron chi connectivity index (χ2n) is 4.43. The summed E-state index contributed by atoms with van der Waals surface area (Å²) in [4.78, 5) is 14.2. The lowest BCUT2D eigenvalue weighted by molar-refractivity contribution is 0.0736. The van der Waals surface area contributed by atoms with Gasteiger partial charge in [-0.2, -0.15) is 0 Å². The summed E-state index contributed by atoms with van der Waals surface area (Å²) >= 11 is 0. The molecular formula is C12H19N3O. The lowest BCUT2D eigenvalue weighted by Crippen LogP contribution is -2.34. The molecule has 88 valence electrons. The Morgan fingerprint density at radius 3 is 2.94 bits per heavy atom. The molecule has 1 aromatic heterocycles. The average Bonchev–Trinajstić information content (AvgIpc) is 2.83. The van der Waals surface area contributed by atoms with Gasteiger partial charge in [0.15, 0.2) is 0 Å². The number of aryl methyl sites for hydroxylation is 1. The third kappa shape index (κ3) is 1.79. The van der Waals surface area contributed by atoms with E-state index in [0.29, 0.717) is 17.4 Å². The summed E-state index contributed by atoms with van der Waals surface area (Å²) < 4.78 is 1.92. The number of hydrogen-bond donors (Lipinski definition) is 1. The van der Waals surface area contributed by atoms with E-state index >= 15 is 0 Å². The van der Waals surface area contributed by atoms with Crippen molar-refractivity contribution in [3.8, 4) is 0 Å². The zero-order valence-electron chi connectivity index (χ0n) is 9.94. The average molecular weight is 221 g/mol. The van der Waals surface area contributed by atoms with Crippen molar-refractivity contribution < 1.29 is 4.79 Å². The number of anilines is 1. The Morgan fingerprint density at radius 1 is 1.62 bits per heavy atom. The van der Waals surface area contributed by atoms with E-state index < -0.39 is 0 Å². The van der Waals surface area contributed by atoms with Crippen molar-refractivity contribution in [3.63, 3.8) is 0 Å². The molecule has 1 amide bonds. The lowest BCUT2D eigenvalue weighted by atomic mass is 10.2. The number of hydrogen-bond acceptors (Lipinski definition) is 2. The number of nitrogen functional groups attached to an aromatic ring is 1. The van der Waals surface area contributed by atoms with Gasteiger partial charge in [0.1, 0.15) is 5.69 Å². The molecule has 0 saturated carbocycles. The Hall–Kier alpha value is -1.45. The van der Waals surface area contributed by atoms with Gasteiger partial charge in [0.05, 0.1) is 5.69 Å². The summed E-state index contributed by atoms with van der Waals surface area (Å²) in [6, 6.07) is 2.13. The van der Waals surface area contributed by atoms with Gasteiger partial charge in [-0.25, -0.2) is 0 Å². The van der Waals surface area contributed by atoms with E-state index in [-0.39, 0.29) is 5.91 Å². The highest BCUT2D eigenvalue weighted by Gasteiger charge is 2.27. The molecule has 0 aliphatic carbocycles. The molecule has 1 aliphatic rings. The third-order valence-corrected chi connectivity index (χ3v) is 3.29. The van der Waals surface area contributed by atoms with Gasteiger partial charge >= 0.3 is 0 Å². The number of likely N-dealkylation sites (tertiary alicyclic amines) is 1. The fourth-order valence-electron chi connectivity index (χ4n) is 2.36. The maximum absolute atomic E-state index is 12.3. The fourth-order valence-corrected chi connectivity index (χ4v) is 2.36. The van der Waals surface area contributed by atoms with Crippen molar-refractivity contribution in [1.29, 1.82) is 0 Å². The molecule has 4 nitrogen and oxygen atoms in total. The first kappa shape index (κ1) is 11.0. The molecule has 1 saturated heterocycles. The number of nitrogens with zero attached hydrogens (tertiary/aromatic N) is 2. The Morgan fingerprint density at radius 2 is 2.38 bits per heavy atom. The largest absolute Gasteiger partial charge is 0.397 e. The Bertz CT molecular complexity index is 397. The SMILES string of the molecule is CCn1cc(N)cc1C(=O)N1CCCC1C. The first-order valence-corrected chi connectivity index (χ1v) is 5.90. The van der Waals surface area contributed by atoms with Gasteiger partial charge in [-0.05, 0) is 32.8 Å². The number of amides is 1. The molecule has 1 aliphatic heterocycles. The standard InChI is InChI=1S/C12H19N3O/c1-3-14-8-10(13)7-11(14)12(16)15-6-4-5-9(15)2/h7-9H,3-6,13H2,1-2H3. The molecule has 16 heavy (non-hydrogen) atoms. The molecule has 2 N–H and O–H groups in total. The van der Waals surface area contributed by atoms with Crippen LogP contribution in [0.2, 0.25) is 0 Å². The summed E-state index contributed by atoms with van der Waals surface area (Å²) in [5.74, 6) is 0.114. The van der Waals surface area contributed by atoms with Crippen LogP contribution in [-0.2, 0) is 6.54 Å². The maximum atomic E-state index is 12.3. The number of nitrogens with two attached hydrogens (primary N) is 1. The number of carbonyl (C=O) groups is 1. The molecule has 0 spiro atoms. The zero-order chi connectivity index (χ0) is 11.7. The normalized spacial score (nSPS) is 20.4. The molecule has 1 atom stereocenters. The minimum atomic E-state index is 0.114. The topological polar surface area (TPSA) is 51.3 Å². The van der Waals surface area contributed by atoms with Gasteiger partial charge in [0.2, 0.25) is 0 Å². The van der Waals surface area contributed by atoms with Crippen molar-refractivity contribution in [2.24, 2.45) is 0 Å². The van der Waals surface area contributed by atoms with Crippen molar-refractivity contribution in [2.75, 3.05) is 12.3 Å². The summed E-state index contributed by atoms with van der Waals surface area (Å²) in [6.45, 7) is 5.77. The van der Waals surface area contributed by atoms with Gasteiger partial charge in [0.25, 0.3) is 5.91 Å². The van der Waals surface area contributed by atoms with Gasteiger partial charge in [-0.1, -0.05) is 0 Å². The smallest absolute Gasteiger partial charge is 0.270 e. The Balaban J connectivity index is 2.26. The molecule has 0 bridgehead atoms. The van der Waals surface area contributed by atoms with E-state index in [0.717, 1.165) is 25.9 Å². The number of carbonyl (C=O) groups excluding carboxylic acids is 1. The second-order valence-corrected chi connectivity index (χ2v) is 4.43. The van der Waals surface area contributed by atoms with Crippen molar-refractivity contribution in [3.05, 3.63) is 18.0 Å². The van der Waals surface area contributed by atoms with E-state index in [9.17, 15) is 4.79 Å². The van der Waals surface area contributed by atoms with Crippen LogP contribution in [0.15, 0.2) is 12.3 Å². The molecule has 2 rings (SSSR count). The first-order valence-electron chi connectivity index (χ1n) is 5.90. The van der Waals surface area contributed by atoms with Crippen LogP contribution >= 0.6 is 0 Å². The van der Waals surface area contributed by atoms with Crippen LogP contribution in [-0.4, -0.2) is 28.0 Å².